The van der Waals surface area contributed by atoms with Crippen LogP contribution in [0.25, 0.3) is 0 Å². The minimum absolute atomic E-state index is 0.0490. The number of hydrogen-bond acceptors (Lipinski definition) is 7. The van der Waals surface area contributed by atoms with Gasteiger partial charge in [-0.3, -0.25) is 19.6 Å². The molecule has 0 spiro atoms. The molecule has 3 N–H and O–H groups in total. The molecular weight excluding hydrogens is 414 g/mol. The van der Waals surface area contributed by atoms with Crippen molar-refractivity contribution < 1.29 is 18.0 Å². The first-order chi connectivity index (χ1) is 13.9. The van der Waals surface area contributed by atoms with Crippen molar-refractivity contribution in [2.75, 3.05) is 23.3 Å². The van der Waals surface area contributed by atoms with Gasteiger partial charge in [-0.15, -0.1) is 11.3 Å². The molecule has 0 aliphatic carbocycles. The van der Waals surface area contributed by atoms with Gasteiger partial charge in [-0.25, -0.2) is 13.4 Å². The lowest BCUT2D eigenvalue weighted by Crippen LogP contribution is -2.52. The second-order valence-electron chi connectivity index (χ2n) is 6.66. The monoisotopic (exact) mass is 437 g/mol. The number of amides is 2. The molecule has 2 amide bonds. The highest BCUT2D eigenvalue weighted by atomic mass is 32.2. The van der Waals surface area contributed by atoms with Gasteiger partial charge in [-0.2, -0.15) is 0 Å². The predicted octanol–water partition coefficient (Wildman–Crippen LogP) is 1.83. The number of carbonyl (C=O) groups is 2. The molecule has 29 heavy (non-hydrogen) atoms. The number of aromatic nitrogens is 1. The first-order valence-electron chi connectivity index (χ1n) is 9.21. The molecule has 1 aliphatic heterocycles. The maximum Gasteiger partial charge on any atom is 0.263 e. The van der Waals surface area contributed by atoms with Gasteiger partial charge < -0.3 is 10.2 Å². The Kier molecular flexibility index (Phi) is 6.83. The van der Waals surface area contributed by atoms with Crippen molar-refractivity contribution in [3.05, 3.63) is 35.8 Å². The molecule has 1 aromatic heterocycles. The van der Waals surface area contributed by atoms with Crippen molar-refractivity contribution in [2.24, 2.45) is 0 Å². The van der Waals surface area contributed by atoms with E-state index in [2.05, 4.69) is 27.3 Å². The third-order valence-corrected chi connectivity index (χ3v) is 6.59. The predicted molar refractivity (Wildman–Crippen MR) is 111 cm³/mol. The normalized spacial score (nSPS) is 17.2. The fraction of sp³-hybridized carbons (Fsp3) is 0.389. The third kappa shape index (κ3) is 5.75. The zero-order valence-corrected chi connectivity index (χ0v) is 17.6. The molecule has 9 nitrogen and oxygen atoms in total. The summed E-state index contributed by atoms with van der Waals surface area (Å²) in [5.41, 5.74) is 0.449. The fourth-order valence-electron chi connectivity index (χ4n) is 2.98. The first-order valence-corrected chi connectivity index (χ1v) is 11.6. The van der Waals surface area contributed by atoms with Gasteiger partial charge in [-0.1, -0.05) is 13.3 Å². The molecule has 1 fully saturated rings. The highest BCUT2D eigenvalue weighted by Gasteiger charge is 2.26. The van der Waals surface area contributed by atoms with Crippen molar-refractivity contribution in [1.29, 1.82) is 0 Å². The SMILES string of the molecule is CCCC1CC(=O)N(CC(=O)Nc2ccc(S(=O)(=O)Nc3nccs3)cc2)CN1. The molecule has 1 saturated heterocycles. The average molecular weight is 438 g/mol. The summed E-state index contributed by atoms with van der Waals surface area (Å²) in [4.78, 5) is 29.9. The van der Waals surface area contributed by atoms with Crippen LogP contribution in [0.15, 0.2) is 40.7 Å². The van der Waals surface area contributed by atoms with Crippen molar-refractivity contribution in [3.63, 3.8) is 0 Å². The van der Waals surface area contributed by atoms with Crippen molar-refractivity contribution in [2.45, 2.75) is 37.1 Å². The molecule has 156 valence electrons. The average Bonchev–Trinajstić information content (AvgIpc) is 3.17. The summed E-state index contributed by atoms with van der Waals surface area (Å²) in [5.74, 6) is -0.391. The number of thiazole rings is 1. The maximum absolute atomic E-state index is 12.3. The minimum Gasteiger partial charge on any atom is -0.325 e. The number of benzene rings is 1. The molecular formula is C18H23N5O4S2. The third-order valence-electron chi connectivity index (χ3n) is 4.42. The number of sulfonamides is 1. The first kappa shape index (κ1) is 21.2. The largest absolute Gasteiger partial charge is 0.325 e. The van der Waals surface area contributed by atoms with Crippen LogP contribution >= 0.6 is 11.3 Å². The quantitative estimate of drug-likeness (QED) is 0.579. The van der Waals surface area contributed by atoms with Crippen LogP contribution in [0.2, 0.25) is 0 Å². The summed E-state index contributed by atoms with van der Waals surface area (Å²) < 4.78 is 27.0. The Morgan fingerprint density at radius 1 is 1.34 bits per heavy atom. The van der Waals surface area contributed by atoms with Crippen molar-refractivity contribution in [3.8, 4) is 0 Å². The van der Waals surface area contributed by atoms with E-state index < -0.39 is 10.0 Å². The van der Waals surface area contributed by atoms with E-state index in [1.807, 2.05) is 0 Å². The number of hydrogen-bond donors (Lipinski definition) is 3. The van der Waals surface area contributed by atoms with E-state index in [0.717, 1.165) is 12.8 Å². The number of rotatable bonds is 8. The van der Waals surface area contributed by atoms with Crippen LogP contribution in [0, 0.1) is 0 Å². The van der Waals surface area contributed by atoms with E-state index in [0.29, 0.717) is 18.8 Å². The Morgan fingerprint density at radius 2 is 2.10 bits per heavy atom. The maximum atomic E-state index is 12.3. The molecule has 2 aromatic rings. The second-order valence-corrected chi connectivity index (χ2v) is 9.24. The van der Waals surface area contributed by atoms with E-state index in [4.69, 9.17) is 0 Å². The molecule has 11 heteroatoms. The second kappa shape index (κ2) is 9.33. The standard InChI is InChI=1S/C18H23N5O4S2/c1-2-3-14-10-17(25)23(12-20-14)11-16(24)21-13-4-6-15(7-5-13)29(26,27)22-18-19-8-9-28-18/h4-9,14,20H,2-3,10-12H2,1H3,(H,19,22)(H,21,24). The molecule has 1 unspecified atom stereocenters. The summed E-state index contributed by atoms with van der Waals surface area (Å²) in [6.45, 7) is 2.35. The number of nitrogens with one attached hydrogen (secondary N) is 3. The van der Waals surface area contributed by atoms with Gasteiger partial charge in [0.05, 0.1) is 11.6 Å². The molecule has 0 radical (unpaired) electrons. The summed E-state index contributed by atoms with van der Waals surface area (Å²) in [7, 11) is -3.74. The smallest absolute Gasteiger partial charge is 0.263 e. The molecule has 0 bridgehead atoms. The van der Waals surface area contributed by atoms with Crippen LogP contribution in [0.1, 0.15) is 26.2 Å². The summed E-state index contributed by atoms with van der Waals surface area (Å²) in [6, 6.07) is 5.96. The Balaban J connectivity index is 1.54. The molecule has 2 heterocycles. The van der Waals surface area contributed by atoms with Gasteiger partial charge in [0, 0.05) is 29.7 Å². The Morgan fingerprint density at radius 3 is 2.72 bits per heavy atom. The highest BCUT2D eigenvalue weighted by molar-refractivity contribution is 7.93. The summed E-state index contributed by atoms with van der Waals surface area (Å²) >= 11 is 1.18. The summed E-state index contributed by atoms with van der Waals surface area (Å²) in [6.07, 6.45) is 3.82. The lowest BCUT2D eigenvalue weighted by Gasteiger charge is -2.32. The van der Waals surface area contributed by atoms with E-state index >= 15 is 0 Å². The van der Waals surface area contributed by atoms with Gasteiger partial charge in [0.2, 0.25) is 11.8 Å². The van der Waals surface area contributed by atoms with E-state index in [1.54, 1.807) is 5.38 Å². The molecule has 1 aliphatic rings. The van der Waals surface area contributed by atoms with Crippen LogP contribution in [0.3, 0.4) is 0 Å². The van der Waals surface area contributed by atoms with Crippen LogP contribution in [0.4, 0.5) is 10.8 Å². The van der Waals surface area contributed by atoms with Gasteiger partial charge in [0.1, 0.15) is 6.54 Å². The number of anilines is 2. The van der Waals surface area contributed by atoms with E-state index in [9.17, 15) is 18.0 Å². The minimum atomic E-state index is -3.74. The van der Waals surface area contributed by atoms with Gasteiger partial charge in [0.25, 0.3) is 10.0 Å². The molecule has 0 saturated carbocycles. The lowest BCUT2D eigenvalue weighted by molar-refractivity contribution is -0.138. The van der Waals surface area contributed by atoms with Gasteiger partial charge in [-0.05, 0) is 30.7 Å². The van der Waals surface area contributed by atoms with Crippen LogP contribution in [-0.2, 0) is 19.6 Å². The lowest BCUT2D eigenvalue weighted by atomic mass is 10.1. The Hall–Kier alpha value is -2.50. The molecule has 1 aromatic carbocycles. The van der Waals surface area contributed by atoms with Crippen molar-refractivity contribution in [1.82, 2.24) is 15.2 Å². The number of carbonyl (C=O) groups excluding carboxylic acids is 2. The summed E-state index contributed by atoms with van der Waals surface area (Å²) in [5, 5.41) is 7.89. The zero-order chi connectivity index (χ0) is 20.9. The molecule has 3 rings (SSSR count). The number of nitrogens with zero attached hydrogens (tertiary/aromatic N) is 2. The zero-order valence-electron chi connectivity index (χ0n) is 15.9. The Labute approximate surface area is 173 Å². The van der Waals surface area contributed by atoms with Gasteiger partial charge in [0.15, 0.2) is 5.13 Å². The molecule has 1 atom stereocenters. The van der Waals surface area contributed by atoms with E-state index in [-0.39, 0.29) is 34.4 Å². The fourth-order valence-corrected chi connectivity index (χ4v) is 4.76. The van der Waals surface area contributed by atoms with Crippen LogP contribution < -0.4 is 15.4 Å². The van der Waals surface area contributed by atoms with Crippen LogP contribution in [-0.4, -0.2) is 49.4 Å². The highest BCUT2D eigenvalue weighted by Crippen LogP contribution is 2.19. The van der Waals surface area contributed by atoms with E-state index in [1.165, 1.54) is 46.7 Å². The van der Waals surface area contributed by atoms with Crippen molar-refractivity contribution >= 4 is 44.0 Å². The Bertz CT molecular complexity index is 945. The van der Waals surface area contributed by atoms with Gasteiger partial charge >= 0.3 is 0 Å². The topological polar surface area (TPSA) is 121 Å². The van der Waals surface area contributed by atoms with Crippen LogP contribution in [0.5, 0.6) is 0 Å².